The summed E-state index contributed by atoms with van der Waals surface area (Å²) in [6, 6.07) is 3.88. The molecule has 2 nitrogen and oxygen atoms in total. The van der Waals surface area contributed by atoms with Gasteiger partial charge in [0, 0.05) is 17.9 Å². The van der Waals surface area contributed by atoms with E-state index in [1.807, 2.05) is 0 Å². The fourth-order valence-electron chi connectivity index (χ4n) is 2.15. The summed E-state index contributed by atoms with van der Waals surface area (Å²) in [5.41, 5.74) is 4.99. The van der Waals surface area contributed by atoms with Crippen molar-refractivity contribution in [3.8, 4) is 0 Å². The van der Waals surface area contributed by atoms with Crippen LogP contribution < -0.4 is 11.1 Å². The molecule has 0 heterocycles. The molecule has 1 unspecified atom stereocenters. The number of anilines is 2. The number of nitrogens with one attached hydrogen (secondary N) is 1. The standard InChI is InChI=1S/C15H23F3N2/c1-3-5-6-11(4-2)10-20-14-8-7-12(19)9-13(14)15(16,17)18/h7-9,11,20H,3-6,10,19H2,1-2H3. The van der Waals surface area contributed by atoms with Crippen molar-refractivity contribution in [2.45, 2.75) is 45.7 Å². The van der Waals surface area contributed by atoms with Gasteiger partial charge in [-0.2, -0.15) is 13.2 Å². The van der Waals surface area contributed by atoms with Gasteiger partial charge >= 0.3 is 6.18 Å². The minimum atomic E-state index is -4.39. The first-order valence-corrected chi connectivity index (χ1v) is 7.09. The van der Waals surface area contributed by atoms with Crippen LogP contribution in [0.3, 0.4) is 0 Å². The van der Waals surface area contributed by atoms with Gasteiger partial charge in [0.15, 0.2) is 0 Å². The van der Waals surface area contributed by atoms with Crippen LogP contribution in [0.1, 0.15) is 45.1 Å². The van der Waals surface area contributed by atoms with E-state index in [4.69, 9.17) is 5.73 Å². The monoisotopic (exact) mass is 288 g/mol. The highest BCUT2D eigenvalue weighted by molar-refractivity contribution is 5.59. The lowest BCUT2D eigenvalue weighted by Gasteiger charge is -2.19. The Labute approximate surface area is 118 Å². The fourth-order valence-corrected chi connectivity index (χ4v) is 2.15. The van der Waals surface area contributed by atoms with E-state index in [0.717, 1.165) is 31.7 Å². The molecular weight excluding hydrogens is 265 g/mol. The van der Waals surface area contributed by atoms with Crippen LogP contribution in [0.25, 0.3) is 0 Å². The van der Waals surface area contributed by atoms with Crippen molar-refractivity contribution in [3.63, 3.8) is 0 Å². The smallest absolute Gasteiger partial charge is 0.399 e. The van der Waals surface area contributed by atoms with Crippen LogP contribution in [-0.2, 0) is 6.18 Å². The first-order valence-electron chi connectivity index (χ1n) is 7.09. The van der Waals surface area contributed by atoms with Crippen LogP contribution in [0, 0.1) is 5.92 Å². The van der Waals surface area contributed by atoms with Gasteiger partial charge < -0.3 is 11.1 Å². The Morgan fingerprint density at radius 3 is 2.50 bits per heavy atom. The SMILES string of the molecule is CCCCC(CC)CNc1ccc(N)cc1C(F)(F)F. The van der Waals surface area contributed by atoms with Crippen molar-refractivity contribution in [2.75, 3.05) is 17.6 Å². The van der Waals surface area contributed by atoms with Crippen LogP contribution >= 0.6 is 0 Å². The summed E-state index contributed by atoms with van der Waals surface area (Å²) in [5.74, 6) is 0.397. The van der Waals surface area contributed by atoms with Gasteiger partial charge in [-0.05, 0) is 30.5 Å². The Bertz CT molecular complexity index is 416. The third kappa shape index (κ3) is 4.94. The molecule has 5 heteroatoms. The van der Waals surface area contributed by atoms with Gasteiger partial charge in [0.25, 0.3) is 0 Å². The number of unbranched alkanes of at least 4 members (excludes halogenated alkanes) is 1. The highest BCUT2D eigenvalue weighted by Crippen LogP contribution is 2.36. The minimum Gasteiger partial charge on any atom is -0.399 e. The highest BCUT2D eigenvalue weighted by Gasteiger charge is 2.33. The predicted octanol–water partition coefficient (Wildman–Crippen LogP) is 4.92. The molecule has 1 aromatic rings. The lowest BCUT2D eigenvalue weighted by atomic mass is 9.99. The van der Waals surface area contributed by atoms with Gasteiger partial charge in [-0.1, -0.05) is 33.1 Å². The van der Waals surface area contributed by atoms with Gasteiger partial charge in [0.2, 0.25) is 0 Å². The molecule has 1 atom stereocenters. The average Bonchev–Trinajstić information content (AvgIpc) is 2.39. The first kappa shape index (κ1) is 16.7. The third-order valence-electron chi connectivity index (χ3n) is 3.47. The molecule has 0 saturated carbocycles. The lowest BCUT2D eigenvalue weighted by Crippen LogP contribution is -2.17. The largest absolute Gasteiger partial charge is 0.418 e. The van der Waals surface area contributed by atoms with Gasteiger partial charge in [0.1, 0.15) is 0 Å². The quantitative estimate of drug-likeness (QED) is 0.699. The second-order valence-electron chi connectivity index (χ2n) is 5.10. The van der Waals surface area contributed by atoms with E-state index in [-0.39, 0.29) is 11.4 Å². The summed E-state index contributed by atoms with van der Waals surface area (Å²) in [4.78, 5) is 0. The van der Waals surface area contributed by atoms with Gasteiger partial charge in [0.05, 0.1) is 5.56 Å². The molecule has 0 radical (unpaired) electrons. The van der Waals surface area contributed by atoms with E-state index in [9.17, 15) is 13.2 Å². The van der Waals surface area contributed by atoms with Crippen molar-refractivity contribution in [2.24, 2.45) is 5.92 Å². The summed E-state index contributed by atoms with van der Waals surface area (Å²) < 4.78 is 38.8. The number of alkyl halides is 3. The molecule has 0 spiro atoms. The van der Waals surface area contributed by atoms with Crippen LogP contribution in [0.15, 0.2) is 18.2 Å². The summed E-state index contributed by atoms with van der Waals surface area (Å²) in [6.45, 7) is 4.74. The Balaban J connectivity index is 2.76. The maximum atomic E-state index is 12.9. The number of hydrogen-bond acceptors (Lipinski definition) is 2. The molecule has 0 aliphatic rings. The molecule has 0 aliphatic heterocycles. The summed E-state index contributed by atoms with van der Waals surface area (Å²) in [6.07, 6.45) is -0.178. The van der Waals surface area contributed by atoms with Crippen LogP contribution in [0.4, 0.5) is 24.5 Å². The van der Waals surface area contributed by atoms with Gasteiger partial charge in [-0.3, -0.25) is 0 Å². The molecule has 1 rings (SSSR count). The van der Waals surface area contributed by atoms with Crippen molar-refractivity contribution < 1.29 is 13.2 Å². The van der Waals surface area contributed by atoms with Crippen molar-refractivity contribution in [3.05, 3.63) is 23.8 Å². The Hall–Kier alpha value is -1.39. The molecule has 0 bridgehead atoms. The average molecular weight is 288 g/mol. The van der Waals surface area contributed by atoms with Crippen molar-refractivity contribution in [1.29, 1.82) is 0 Å². The number of halogens is 3. The summed E-state index contributed by atoms with van der Waals surface area (Å²) >= 11 is 0. The van der Waals surface area contributed by atoms with E-state index in [0.29, 0.717) is 12.5 Å². The minimum absolute atomic E-state index is 0.113. The van der Waals surface area contributed by atoms with Crippen LogP contribution in [0.2, 0.25) is 0 Å². The summed E-state index contributed by atoms with van der Waals surface area (Å²) in [5, 5.41) is 2.93. The topological polar surface area (TPSA) is 38.0 Å². The molecule has 0 amide bonds. The lowest BCUT2D eigenvalue weighted by molar-refractivity contribution is -0.136. The molecule has 0 fully saturated rings. The van der Waals surface area contributed by atoms with Crippen molar-refractivity contribution >= 4 is 11.4 Å². The zero-order chi connectivity index (χ0) is 15.2. The van der Waals surface area contributed by atoms with E-state index in [1.54, 1.807) is 0 Å². The molecule has 3 N–H and O–H groups in total. The number of nitrogens with two attached hydrogens (primary N) is 1. The maximum absolute atomic E-state index is 12.9. The number of rotatable bonds is 7. The second kappa shape index (κ2) is 7.41. The number of nitrogen functional groups attached to an aromatic ring is 1. The van der Waals surface area contributed by atoms with Gasteiger partial charge in [-0.25, -0.2) is 0 Å². The molecule has 114 valence electrons. The van der Waals surface area contributed by atoms with Gasteiger partial charge in [-0.15, -0.1) is 0 Å². The molecule has 20 heavy (non-hydrogen) atoms. The van der Waals surface area contributed by atoms with Crippen LogP contribution in [-0.4, -0.2) is 6.54 Å². The number of benzene rings is 1. The Kier molecular flexibility index (Phi) is 6.17. The van der Waals surface area contributed by atoms with E-state index in [1.165, 1.54) is 12.1 Å². The number of hydrogen-bond donors (Lipinski definition) is 2. The van der Waals surface area contributed by atoms with E-state index < -0.39 is 11.7 Å². The molecule has 0 saturated heterocycles. The first-order chi connectivity index (χ1) is 9.38. The molecule has 0 aromatic heterocycles. The van der Waals surface area contributed by atoms with Crippen molar-refractivity contribution in [1.82, 2.24) is 0 Å². The third-order valence-corrected chi connectivity index (χ3v) is 3.47. The molecule has 0 aliphatic carbocycles. The molecular formula is C15H23F3N2. The normalized spacial score (nSPS) is 13.2. The highest BCUT2D eigenvalue weighted by atomic mass is 19.4. The van der Waals surface area contributed by atoms with E-state index in [2.05, 4.69) is 19.2 Å². The predicted molar refractivity (Wildman–Crippen MR) is 77.7 cm³/mol. The second-order valence-corrected chi connectivity index (χ2v) is 5.10. The fraction of sp³-hybridized carbons (Fsp3) is 0.600. The summed E-state index contributed by atoms with van der Waals surface area (Å²) in [7, 11) is 0. The zero-order valence-electron chi connectivity index (χ0n) is 12.1. The maximum Gasteiger partial charge on any atom is 0.418 e. The Morgan fingerprint density at radius 1 is 1.25 bits per heavy atom. The Morgan fingerprint density at radius 2 is 1.95 bits per heavy atom. The zero-order valence-corrected chi connectivity index (χ0v) is 12.1. The van der Waals surface area contributed by atoms with E-state index >= 15 is 0 Å². The van der Waals surface area contributed by atoms with Crippen LogP contribution in [0.5, 0.6) is 0 Å². The molecule has 1 aromatic carbocycles.